The largest absolute Gasteiger partial charge is 0.488 e. The van der Waals surface area contributed by atoms with E-state index in [4.69, 9.17) is 27.9 Å². The molecule has 3 aromatic rings. The van der Waals surface area contributed by atoms with Crippen LogP contribution in [-0.4, -0.2) is 26.3 Å². The van der Waals surface area contributed by atoms with Gasteiger partial charge >= 0.3 is 5.97 Å². The summed E-state index contributed by atoms with van der Waals surface area (Å²) in [6, 6.07) is 12.4. The molecule has 2 N–H and O–H groups in total. The highest BCUT2D eigenvalue weighted by molar-refractivity contribution is 8.04. The third-order valence-electron chi connectivity index (χ3n) is 3.84. The van der Waals surface area contributed by atoms with Crippen LogP contribution in [0.4, 0.5) is 0 Å². The lowest BCUT2D eigenvalue weighted by molar-refractivity contribution is -0.131. The minimum atomic E-state index is -1.07. The average Bonchev–Trinajstić information content (AvgIpc) is 3.17. The molecule has 2 aromatic carbocycles. The zero-order chi connectivity index (χ0) is 20.8. The van der Waals surface area contributed by atoms with Crippen LogP contribution in [0, 0.1) is 0 Å². The van der Waals surface area contributed by atoms with Gasteiger partial charge in [0.1, 0.15) is 23.1 Å². The van der Waals surface area contributed by atoms with E-state index < -0.39 is 5.97 Å². The number of aliphatic carboxylic acids is 1. The standard InChI is InChI=1S/C20H17Cl2N3O3S/c1-2-18-23-20(25-24-18)29-17(19(26)27)10-13-5-3-4-6-16(13)28-11-12-7-8-14(21)15(22)9-12/h3-10H,2,11H2,1H3,(H,26,27)(H,23,24,25)/b17-10-. The van der Waals surface area contributed by atoms with Gasteiger partial charge in [-0.3, -0.25) is 5.10 Å². The molecule has 0 bridgehead atoms. The first-order valence-electron chi connectivity index (χ1n) is 8.66. The first kappa shape index (κ1) is 21.2. The second kappa shape index (κ2) is 9.82. The van der Waals surface area contributed by atoms with Gasteiger partial charge < -0.3 is 9.84 Å². The summed E-state index contributed by atoms with van der Waals surface area (Å²) in [5.74, 6) is 0.168. The van der Waals surface area contributed by atoms with E-state index in [2.05, 4.69) is 15.2 Å². The summed E-state index contributed by atoms with van der Waals surface area (Å²) in [6.07, 6.45) is 2.23. The molecule has 6 nitrogen and oxygen atoms in total. The fraction of sp³-hybridized carbons (Fsp3) is 0.150. The van der Waals surface area contributed by atoms with Gasteiger partial charge in [-0.2, -0.15) is 0 Å². The zero-order valence-corrected chi connectivity index (χ0v) is 17.7. The van der Waals surface area contributed by atoms with Crippen LogP contribution in [0.2, 0.25) is 10.0 Å². The van der Waals surface area contributed by atoms with E-state index >= 15 is 0 Å². The lowest BCUT2D eigenvalue weighted by Gasteiger charge is -2.10. The molecule has 0 saturated heterocycles. The van der Waals surface area contributed by atoms with E-state index in [1.807, 2.05) is 25.1 Å². The summed E-state index contributed by atoms with van der Waals surface area (Å²) >= 11 is 13.0. The second-order valence-electron chi connectivity index (χ2n) is 5.91. The van der Waals surface area contributed by atoms with Crippen molar-refractivity contribution in [3.63, 3.8) is 0 Å². The minimum absolute atomic E-state index is 0.0808. The number of aromatic amines is 1. The molecule has 0 amide bonds. The monoisotopic (exact) mass is 449 g/mol. The summed E-state index contributed by atoms with van der Waals surface area (Å²) in [5, 5.41) is 17.7. The van der Waals surface area contributed by atoms with Crippen LogP contribution in [-0.2, 0) is 17.8 Å². The Bertz CT molecular complexity index is 1050. The molecule has 0 unspecified atom stereocenters. The normalized spacial score (nSPS) is 11.5. The zero-order valence-electron chi connectivity index (χ0n) is 15.4. The van der Waals surface area contributed by atoms with E-state index in [0.29, 0.717) is 38.8 Å². The van der Waals surface area contributed by atoms with Crippen molar-refractivity contribution < 1.29 is 14.6 Å². The summed E-state index contributed by atoms with van der Waals surface area (Å²) < 4.78 is 5.88. The molecule has 0 saturated carbocycles. The second-order valence-corrected chi connectivity index (χ2v) is 7.73. The summed E-state index contributed by atoms with van der Waals surface area (Å²) in [7, 11) is 0. The van der Waals surface area contributed by atoms with Gasteiger partial charge in [0.2, 0.25) is 5.16 Å². The van der Waals surface area contributed by atoms with Crippen LogP contribution < -0.4 is 4.74 Å². The quantitative estimate of drug-likeness (QED) is 0.350. The average molecular weight is 450 g/mol. The number of nitrogens with one attached hydrogen (secondary N) is 1. The number of halogens is 2. The number of para-hydroxylation sites is 1. The highest BCUT2D eigenvalue weighted by Gasteiger charge is 2.15. The summed E-state index contributed by atoms with van der Waals surface area (Å²) in [4.78, 5) is 16.0. The van der Waals surface area contributed by atoms with Crippen LogP contribution in [0.15, 0.2) is 52.5 Å². The molecule has 29 heavy (non-hydrogen) atoms. The van der Waals surface area contributed by atoms with Crippen molar-refractivity contribution in [2.45, 2.75) is 25.1 Å². The molecule has 1 aromatic heterocycles. The number of benzene rings is 2. The number of nitrogens with zero attached hydrogens (tertiary/aromatic N) is 2. The number of carboxylic acids is 1. The number of ether oxygens (including phenoxy) is 1. The van der Waals surface area contributed by atoms with Gasteiger partial charge in [-0.25, -0.2) is 9.78 Å². The summed E-state index contributed by atoms with van der Waals surface area (Å²) in [6.45, 7) is 2.20. The van der Waals surface area contributed by atoms with Crippen molar-refractivity contribution in [1.82, 2.24) is 15.2 Å². The van der Waals surface area contributed by atoms with Crippen molar-refractivity contribution in [2.75, 3.05) is 0 Å². The van der Waals surface area contributed by atoms with Crippen LogP contribution in [0.25, 0.3) is 6.08 Å². The topological polar surface area (TPSA) is 88.1 Å². The van der Waals surface area contributed by atoms with Gasteiger partial charge in [0.25, 0.3) is 0 Å². The molecule has 0 aliphatic heterocycles. The van der Waals surface area contributed by atoms with Gasteiger partial charge in [-0.1, -0.05) is 54.4 Å². The van der Waals surface area contributed by atoms with E-state index in [9.17, 15) is 9.90 Å². The van der Waals surface area contributed by atoms with Gasteiger partial charge in [-0.05, 0) is 41.6 Å². The van der Waals surface area contributed by atoms with Gasteiger partial charge in [0.15, 0.2) is 0 Å². The number of hydrogen-bond donors (Lipinski definition) is 2. The number of H-pyrrole nitrogens is 1. The van der Waals surface area contributed by atoms with E-state index in [1.54, 1.807) is 30.3 Å². The molecular weight excluding hydrogens is 433 g/mol. The van der Waals surface area contributed by atoms with Crippen molar-refractivity contribution in [1.29, 1.82) is 0 Å². The third kappa shape index (κ3) is 5.76. The molecule has 1 heterocycles. The molecular formula is C20H17Cl2N3O3S. The smallest absolute Gasteiger partial charge is 0.342 e. The number of hydrogen-bond acceptors (Lipinski definition) is 5. The Balaban J connectivity index is 1.81. The van der Waals surface area contributed by atoms with E-state index in [0.717, 1.165) is 17.3 Å². The van der Waals surface area contributed by atoms with Crippen LogP contribution in [0.3, 0.4) is 0 Å². The first-order valence-corrected chi connectivity index (χ1v) is 10.2. The van der Waals surface area contributed by atoms with Gasteiger partial charge in [0, 0.05) is 12.0 Å². The number of thioether (sulfide) groups is 1. The lowest BCUT2D eigenvalue weighted by Crippen LogP contribution is -2.00. The van der Waals surface area contributed by atoms with Gasteiger partial charge in [0.05, 0.1) is 10.0 Å². The molecule has 0 fully saturated rings. The molecule has 0 spiro atoms. The summed E-state index contributed by atoms with van der Waals surface area (Å²) in [5.41, 5.74) is 1.47. The Kier molecular flexibility index (Phi) is 7.19. The Morgan fingerprint density at radius 1 is 1.24 bits per heavy atom. The van der Waals surface area contributed by atoms with Crippen molar-refractivity contribution in [3.8, 4) is 5.75 Å². The SMILES string of the molecule is CCc1nc(S/C(=C\c2ccccc2OCc2ccc(Cl)c(Cl)c2)C(=O)O)n[nH]1. The number of rotatable bonds is 8. The van der Waals surface area contributed by atoms with Crippen LogP contribution >= 0.6 is 35.0 Å². The van der Waals surface area contributed by atoms with Crippen molar-refractivity contribution in [3.05, 3.63) is 74.4 Å². The fourth-order valence-corrected chi connectivity index (χ4v) is 3.42. The highest BCUT2D eigenvalue weighted by atomic mass is 35.5. The predicted octanol–water partition coefficient (Wildman–Crippen LogP) is 5.47. The molecule has 3 rings (SSSR count). The maximum Gasteiger partial charge on any atom is 0.342 e. The molecule has 9 heteroatoms. The maximum atomic E-state index is 11.7. The Morgan fingerprint density at radius 3 is 2.72 bits per heavy atom. The molecule has 0 atom stereocenters. The lowest BCUT2D eigenvalue weighted by atomic mass is 10.2. The Hall–Kier alpha value is -2.48. The third-order valence-corrected chi connectivity index (χ3v) is 5.46. The van der Waals surface area contributed by atoms with E-state index in [1.165, 1.54) is 0 Å². The minimum Gasteiger partial charge on any atom is -0.488 e. The molecule has 150 valence electrons. The molecule has 0 aliphatic rings. The first-order chi connectivity index (χ1) is 14.0. The molecule has 0 aliphatic carbocycles. The fourth-order valence-electron chi connectivity index (χ4n) is 2.38. The number of aromatic nitrogens is 3. The Morgan fingerprint density at radius 2 is 2.03 bits per heavy atom. The Labute approximate surface area is 181 Å². The van der Waals surface area contributed by atoms with Crippen molar-refractivity contribution in [2.24, 2.45) is 0 Å². The van der Waals surface area contributed by atoms with Crippen LogP contribution in [0.5, 0.6) is 5.75 Å². The number of aryl methyl sites for hydroxylation is 1. The predicted molar refractivity (Wildman–Crippen MR) is 114 cm³/mol. The van der Waals surface area contributed by atoms with E-state index in [-0.39, 0.29) is 11.5 Å². The highest BCUT2D eigenvalue weighted by Crippen LogP contribution is 2.30. The molecule has 0 radical (unpaired) electrons. The maximum absolute atomic E-state index is 11.7. The number of carbonyl (C=O) groups is 1. The number of carboxylic acid groups (broad SMARTS) is 1. The van der Waals surface area contributed by atoms with Crippen LogP contribution in [0.1, 0.15) is 23.9 Å². The van der Waals surface area contributed by atoms with Gasteiger partial charge in [-0.15, -0.1) is 5.10 Å². The van der Waals surface area contributed by atoms with Crippen molar-refractivity contribution >= 4 is 47.0 Å².